The van der Waals surface area contributed by atoms with Gasteiger partial charge < -0.3 is 9.26 Å². The van der Waals surface area contributed by atoms with Gasteiger partial charge in [0.1, 0.15) is 5.82 Å². The summed E-state index contributed by atoms with van der Waals surface area (Å²) in [6.07, 6.45) is 0.0613. The lowest BCUT2D eigenvalue weighted by Crippen LogP contribution is -2.08. The van der Waals surface area contributed by atoms with Crippen LogP contribution in [0.4, 0.5) is 4.39 Å². The highest BCUT2D eigenvalue weighted by molar-refractivity contribution is 7.08. The molecule has 0 spiro atoms. The van der Waals surface area contributed by atoms with Crippen LogP contribution in [0.3, 0.4) is 0 Å². The van der Waals surface area contributed by atoms with Gasteiger partial charge in [-0.1, -0.05) is 17.3 Å². The number of hydrogen-bond donors (Lipinski definition) is 0. The molecule has 2 aromatic heterocycles. The number of hydrogen-bond acceptors (Lipinski definition) is 6. The third-order valence-electron chi connectivity index (χ3n) is 2.87. The fourth-order valence-corrected chi connectivity index (χ4v) is 2.42. The summed E-state index contributed by atoms with van der Waals surface area (Å²) in [5.41, 5.74) is 1.54. The highest BCUT2D eigenvalue weighted by atomic mass is 32.1. The van der Waals surface area contributed by atoms with E-state index in [0.29, 0.717) is 11.4 Å². The second kappa shape index (κ2) is 6.48. The smallest absolute Gasteiger partial charge is 0.310 e. The largest absolute Gasteiger partial charge is 0.455 e. The fraction of sp³-hybridized carbons (Fsp3) is 0.133. The van der Waals surface area contributed by atoms with E-state index in [1.807, 2.05) is 16.8 Å². The van der Waals surface area contributed by atoms with Crippen molar-refractivity contribution in [2.45, 2.75) is 13.0 Å². The van der Waals surface area contributed by atoms with Crippen LogP contribution < -0.4 is 0 Å². The van der Waals surface area contributed by atoms with Gasteiger partial charge in [-0.15, -0.1) is 0 Å². The van der Waals surface area contributed by atoms with Crippen molar-refractivity contribution in [3.8, 4) is 11.4 Å². The molecule has 2 heterocycles. The molecule has 0 saturated heterocycles. The summed E-state index contributed by atoms with van der Waals surface area (Å²) in [6.45, 7) is -0.0861. The van der Waals surface area contributed by atoms with Gasteiger partial charge in [-0.25, -0.2) is 4.39 Å². The first-order valence-corrected chi connectivity index (χ1v) is 7.40. The van der Waals surface area contributed by atoms with Crippen molar-refractivity contribution in [1.29, 1.82) is 0 Å². The monoisotopic (exact) mass is 318 g/mol. The molecular formula is C15H11FN2O3S. The number of carbonyl (C=O) groups excluding carboxylic acids is 1. The summed E-state index contributed by atoms with van der Waals surface area (Å²) in [4.78, 5) is 15.8. The van der Waals surface area contributed by atoms with Crippen LogP contribution in [0.5, 0.6) is 0 Å². The van der Waals surface area contributed by atoms with Crippen LogP contribution >= 0.6 is 11.3 Å². The summed E-state index contributed by atoms with van der Waals surface area (Å²) in [5, 5.41) is 7.63. The average molecular weight is 318 g/mol. The minimum atomic E-state index is -0.443. The summed E-state index contributed by atoms with van der Waals surface area (Å²) >= 11 is 1.53. The summed E-state index contributed by atoms with van der Waals surface area (Å²) in [6, 6.07) is 7.55. The van der Waals surface area contributed by atoms with E-state index in [1.54, 1.807) is 0 Å². The Labute approximate surface area is 129 Å². The van der Waals surface area contributed by atoms with Crippen molar-refractivity contribution >= 4 is 17.3 Å². The van der Waals surface area contributed by atoms with Crippen LogP contribution in [0, 0.1) is 5.82 Å². The fourth-order valence-electron chi connectivity index (χ4n) is 1.78. The lowest BCUT2D eigenvalue weighted by molar-refractivity contribution is -0.144. The zero-order valence-corrected chi connectivity index (χ0v) is 12.2. The standard InChI is InChI=1S/C15H11FN2O3S/c16-12-3-1-10(2-4-12)7-14(19)20-8-13-17-15(18-21-13)11-5-6-22-9-11/h1-6,9H,7-8H2. The molecule has 5 nitrogen and oxygen atoms in total. The van der Waals surface area contributed by atoms with Crippen LogP contribution in [-0.4, -0.2) is 16.1 Å². The second-order valence-corrected chi connectivity index (χ2v) is 5.27. The maximum Gasteiger partial charge on any atom is 0.310 e. The molecule has 0 atom stereocenters. The quantitative estimate of drug-likeness (QED) is 0.676. The highest BCUT2D eigenvalue weighted by Crippen LogP contribution is 2.18. The molecule has 1 aromatic carbocycles. The Hall–Kier alpha value is -2.54. The normalized spacial score (nSPS) is 10.6. The molecule has 0 amide bonds. The number of nitrogens with zero attached hydrogens (tertiary/aromatic N) is 2. The highest BCUT2D eigenvalue weighted by Gasteiger charge is 2.11. The van der Waals surface area contributed by atoms with Crippen LogP contribution in [0.25, 0.3) is 11.4 Å². The van der Waals surface area contributed by atoms with Crippen molar-refractivity contribution in [2.24, 2.45) is 0 Å². The number of ether oxygens (including phenoxy) is 1. The molecule has 0 bridgehead atoms. The molecule has 0 radical (unpaired) electrons. The number of thiophene rings is 1. The van der Waals surface area contributed by atoms with Gasteiger partial charge in [0, 0.05) is 10.9 Å². The lowest BCUT2D eigenvalue weighted by atomic mass is 10.1. The lowest BCUT2D eigenvalue weighted by Gasteiger charge is -2.02. The van der Waals surface area contributed by atoms with Gasteiger partial charge in [0.2, 0.25) is 5.82 Å². The Balaban J connectivity index is 1.54. The Bertz CT molecular complexity index is 753. The Kier molecular flexibility index (Phi) is 4.24. The minimum Gasteiger partial charge on any atom is -0.455 e. The van der Waals surface area contributed by atoms with Crippen molar-refractivity contribution < 1.29 is 18.4 Å². The van der Waals surface area contributed by atoms with Gasteiger partial charge in [0.15, 0.2) is 6.61 Å². The van der Waals surface area contributed by atoms with E-state index in [-0.39, 0.29) is 24.7 Å². The number of benzene rings is 1. The summed E-state index contributed by atoms with van der Waals surface area (Å²) < 4.78 is 22.9. The van der Waals surface area contributed by atoms with Crippen molar-refractivity contribution in [3.63, 3.8) is 0 Å². The topological polar surface area (TPSA) is 65.2 Å². The number of rotatable bonds is 5. The average Bonchev–Trinajstić information content (AvgIpc) is 3.18. The SMILES string of the molecule is O=C(Cc1ccc(F)cc1)OCc1nc(-c2ccsc2)no1. The molecule has 3 rings (SSSR count). The third kappa shape index (κ3) is 3.56. The predicted octanol–water partition coefficient (Wildman–Crippen LogP) is 3.22. The Morgan fingerprint density at radius 1 is 1.27 bits per heavy atom. The number of carbonyl (C=O) groups is 1. The van der Waals surface area contributed by atoms with E-state index in [0.717, 1.165) is 5.56 Å². The van der Waals surface area contributed by atoms with Gasteiger partial charge in [-0.05, 0) is 29.1 Å². The molecular weight excluding hydrogens is 307 g/mol. The second-order valence-electron chi connectivity index (χ2n) is 4.49. The molecule has 0 unspecified atom stereocenters. The summed E-state index contributed by atoms with van der Waals surface area (Å²) in [7, 11) is 0. The van der Waals surface area contributed by atoms with E-state index in [4.69, 9.17) is 9.26 Å². The van der Waals surface area contributed by atoms with Crippen molar-refractivity contribution in [3.05, 3.63) is 58.4 Å². The third-order valence-corrected chi connectivity index (χ3v) is 3.55. The van der Waals surface area contributed by atoms with E-state index in [2.05, 4.69) is 10.1 Å². The predicted molar refractivity (Wildman–Crippen MR) is 77.5 cm³/mol. The van der Waals surface area contributed by atoms with E-state index in [1.165, 1.54) is 35.6 Å². The van der Waals surface area contributed by atoms with Gasteiger partial charge in [0.25, 0.3) is 5.89 Å². The molecule has 0 aliphatic heterocycles. The zero-order valence-electron chi connectivity index (χ0n) is 11.4. The van der Waals surface area contributed by atoms with Crippen LogP contribution in [0.1, 0.15) is 11.5 Å². The number of esters is 1. The molecule has 0 aliphatic rings. The molecule has 22 heavy (non-hydrogen) atoms. The minimum absolute atomic E-state index is 0.0613. The van der Waals surface area contributed by atoms with E-state index < -0.39 is 5.97 Å². The van der Waals surface area contributed by atoms with Gasteiger partial charge in [-0.2, -0.15) is 16.3 Å². The maximum atomic E-state index is 12.8. The summed E-state index contributed by atoms with van der Waals surface area (Å²) in [5.74, 6) is -0.0923. The maximum absolute atomic E-state index is 12.8. The molecule has 0 N–H and O–H groups in total. The zero-order chi connectivity index (χ0) is 15.4. The molecule has 0 aliphatic carbocycles. The van der Waals surface area contributed by atoms with E-state index >= 15 is 0 Å². The van der Waals surface area contributed by atoms with Crippen molar-refractivity contribution in [1.82, 2.24) is 10.1 Å². The first kappa shape index (κ1) is 14.4. The molecule has 0 saturated carbocycles. The van der Waals surface area contributed by atoms with Crippen LogP contribution in [0.2, 0.25) is 0 Å². The van der Waals surface area contributed by atoms with Crippen LogP contribution in [0.15, 0.2) is 45.6 Å². The Morgan fingerprint density at radius 3 is 2.82 bits per heavy atom. The number of halogens is 1. The van der Waals surface area contributed by atoms with Gasteiger partial charge >= 0.3 is 5.97 Å². The van der Waals surface area contributed by atoms with E-state index in [9.17, 15) is 9.18 Å². The van der Waals surface area contributed by atoms with Gasteiger partial charge in [0.05, 0.1) is 6.42 Å². The molecule has 3 aromatic rings. The number of aromatic nitrogens is 2. The molecule has 0 fully saturated rings. The first-order valence-electron chi connectivity index (χ1n) is 6.46. The van der Waals surface area contributed by atoms with Crippen LogP contribution in [-0.2, 0) is 22.6 Å². The first-order chi connectivity index (χ1) is 10.7. The molecule has 7 heteroatoms. The van der Waals surface area contributed by atoms with Crippen molar-refractivity contribution in [2.75, 3.05) is 0 Å². The Morgan fingerprint density at radius 2 is 2.09 bits per heavy atom. The molecule has 112 valence electrons. The van der Waals surface area contributed by atoms with Gasteiger partial charge in [-0.3, -0.25) is 4.79 Å².